The van der Waals surface area contributed by atoms with E-state index in [4.69, 9.17) is 13.9 Å². The first-order chi connectivity index (χ1) is 12.2. The minimum Gasteiger partial charge on any atom is -0.454 e. The highest BCUT2D eigenvalue weighted by Crippen LogP contribution is 2.45. The molecule has 6 nitrogen and oxygen atoms in total. The Bertz CT molecular complexity index is 746. The van der Waals surface area contributed by atoms with Crippen LogP contribution in [-0.2, 0) is 28.3 Å². The van der Waals surface area contributed by atoms with E-state index in [9.17, 15) is 14.4 Å². The van der Waals surface area contributed by atoms with Crippen molar-refractivity contribution >= 4 is 25.9 Å². The van der Waals surface area contributed by atoms with Gasteiger partial charge in [-0.15, -0.1) is 0 Å². The Morgan fingerprint density at radius 2 is 1.85 bits per heavy atom. The Kier molecular flexibility index (Phi) is 4.09. The van der Waals surface area contributed by atoms with Crippen molar-refractivity contribution in [1.82, 2.24) is 0 Å². The van der Waals surface area contributed by atoms with Gasteiger partial charge in [-0.25, -0.2) is 0 Å². The molecule has 0 spiro atoms. The number of fused-ring (bicyclic) bond motifs is 3. The predicted octanol–water partition coefficient (Wildman–Crippen LogP) is 1.95. The maximum Gasteiger partial charge on any atom is 0.309 e. The van der Waals surface area contributed by atoms with Crippen LogP contribution in [0.2, 0.25) is 19.6 Å². The molecule has 0 unspecified atom stereocenters. The molecule has 0 aromatic rings. The van der Waals surface area contributed by atoms with E-state index in [1.807, 2.05) is 12.2 Å². The first kappa shape index (κ1) is 17.8. The van der Waals surface area contributed by atoms with E-state index in [1.165, 1.54) is 0 Å². The first-order valence-corrected chi connectivity index (χ1v) is 12.6. The normalized spacial score (nSPS) is 39.5. The third-order valence-corrected chi connectivity index (χ3v) is 6.47. The lowest BCUT2D eigenvalue weighted by Gasteiger charge is -2.44. The summed E-state index contributed by atoms with van der Waals surface area (Å²) in [6.45, 7) is 7.98. The zero-order valence-electron chi connectivity index (χ0n) is 15.5. The van der Waals surface area contributed by atoms with Gasteiger partial charge in [-0.05, 0) is 33.0 Å². The molecule has 4 aliphatic rings. The summed E-state index contributed by atoms with van der Waals surface area (Å²) in [6.07, 6.45) is 2.37. The lowest BCUT2D eigenvalue weighted by atomic mass is 9.65. The zero-order chi connectivity index (χ0) is 18.8. The summed E-state index contributed by atoms with van der Waals surface area (Å²) in [5.41, 5.74) is 0.750. The average molecular weight is 376 g/mol. The highest BCUT2D eigenvalue weighted by molar-refractivity contribution is 6.69. The zero-order valence-corrected chi connectivity index (χ0v) is 16.5. The molecule has 26 heavy (non-hydrogen) atoms. The van der Waals surface area contributed by atoms with Gasteiger partial charge in [0.15, 0.2) is 26.0 Å². The molecule has 140 valence electrons. The maximum atomic E-state index is 13.4. The van der Waals surface area contributed by atoms with Crippen LogP contribution in [-0.4, -0.2) is 50.3 Å². The number of carbonyl (C=O) groups is 3. The van der Waals surface area contributed by atoms with E-state index >= 15 is 0 Å². The van der Waals surface area contributed by atoms with Crippen LogP contribution in [0.25, 0.3) is 0 Å². The number of carbonyl (C=O) groups excluding carboxylic acids is 3. The van der Waals surface area contributed by atoms with Crippen LogP contribution in [0.3, 0.4) is 0 Å². The van der Waals surface area contributed by atoms with Gasteiger partial charge in [0, 0.05) is 17.1 Å². The summed E-state index contributed by atoms with van der Waals surface area (Å²) in [7, 11) is -1.90. The Balaban J connectivity index is 1.76. The van der Waals surface area contributed by atoms with Crippen LogP contribution in [0.15, 0.2) is 23.3 Å². The molecule has 0 aromatic heterocycles. The second kappa shape index (κ2) is 5.97. The highest BCUT2D eigenvalue weighted by Gasteiger charge is 2.56. The minimum absolute atomic E-state index is 0.0852. The van der Waals surface area contributed by atoms with E-state index in [-0.39, 0.29) is 30.1 Å². The summed E-state index contributed by atoms with van der Waals surface area (Å²) in [5, 5.41) is 0. The minimum atomic E-state index is -1.90. The Morgan fingerprint density at radius 1 is 1.12 bits per heavy atom. The number of allylic oxidation sites excluding steroid dienone is 1. The monoisotopic (exact) mass is 376 g/mol. The van der Waals surface area contributed by atoms with Crippen LogP contribution < -0.4 is 0 Å². The Labute approximate surface area is 153 Å². The summed E-state index contributed by atoms with van der Waals surface area (Å²) in [4.78, 5) is 38.4. The van der Waals surface area contributed by atoms with E-state index < -0.39 is 38.5 Å². The van der Waals surface area contributed by atoms with Gasteiger partial charge >= 0.3 is 5.97 Å². The molecular formula is C19H24O6Si. The van der Waals surface area contributed by atoms with Gasteiger partial charge in [0.05, 0.1) is 24.5 Å². The molecular weight excluding hydrogens is 352 g/mol. The molecule has 0 amide bonds. The first-order valence-electron chi connectivity index (χ1n) is 9.19. The van der Waals surface area contributed by atoms with E-state index in [0.29, 0.717) is 17.6 Å². The largest absolute Gasteiger partial charge is 0.454 e. The van der Waals surface area contributed by atoms with Gasteiger partial charge in [0.1, 0.15) is 6.10 Å². The molecule has 2 heterocycles. The van der Waals surface area contributed by atoms with Crippen LogP contribution in [0.5, 0.6) is 0 Å². The quantitative estimate of drug-likeness (QED) is 0.416. The number of rotatable bonds is 2. The fraction of sp³-hybridized carbons (Fsp3) is 0.632. The third-order valence-electron chi connectivity index (χ3n) is 5.49. The summed E-state index contributed by atoms with van der Waals surface area (Å²) >= 11 is 0. The van der Waals surface area contributed by atoms with Crippen molar-refractivity contribution in [1.29, 1.82) is 0 Å². The Morgan fingerprint density at radius 3 is 2.54 bits per heavy atom. The molecule has 1 saturated heterocycles. The van der Waals surface area contributed by atoms with Crippen LogP contribution in [0.1, 0.15) is 19.8 Å². The van der Waals surface area contributed by atoms with Gasteiger partial charge in [-0.1, -0.05) is 12.2 Å². The van der Waals surface area contributed by atoms with Gasteiger partial charge in [0.2, 0.25) is 0 Å². The molecule has 0 aromatic carbocycles. The van der Waals surface area contributed by atoms with E-state index in [1.54, 1.807) is 6.92 Å². The van der Waals surface area contributed by atoms with Crippen LogP contribution in [0.4, 0.5) is 0 Å². The summed E-state index contributed by atoms with van der Waals surface area (Å²) < 4.78 is 17.4. The molecule has 6 atom stereocenters. The second-order valence-corrected chi connectivity index (χ2v) is 12.9. The molecule has 7 heteroatoms. The molecule has 2 aliphatic carbocycles. The van der Waals surface area contributed by atoms with Gasteiger partial charge in [-0.2, -0.15) is 0 Å². The second-order valence-electron chi connectivity index (χ2n) is 8.48. The van der Waals surface area contributed by atoms with Crippen molar-refractivity contribution in [2.75, 3.05) is 0 Å². The van der Waals surface area contributed by atoms with Gasteiger partial charge in [-0.3, -0.25) is 14.4 Å². The average Bonchev–Trinajstić information content (AvgIpc) is 2.89. The van der Waals surface area contributed by atoms with Crippen molar-refractivity contribution in [2.45, 2.75) is 63.8 Å². The van der Waals surface area contributed by atoms with Gasteiger partial charge < -0.3 is 13.9 Å². The number of ether oxygens (including phenoxy) is 2. The third kappa shape index (κ3) is 2.73. The number of hydrogen-bond donors (Lipinski definition) is 0. The predicted molar refractivity (Wildman–Crippen MR) is 94.8 cm³/mol. The van der Waals surface area contributed by atoms with Crippen molar-refractivity contribution in [3.8, 4) is 0 Å². The summed E-state index contributed by atoms with van der Waals surface area (Å²) in [5.74, 6) is -1.52. The number of hydrogen-bond acceptors (Lipinski definition) is 6. The SMILES string of the molecule is C[C@@H]1O[C@H]2CC(=O)O[C@H]2C2=C1C(=O)[C@H]1[C@H](CC=C[C@H]1O[Si](C)(C)C)C2=O. The van der Waals surface area contributed by atoms with Crippen molar-refractivity contribution < 1.29 is 28.3 Å². The molecule has 0 N–H and O–H groups in total. The van der Waals surface area contributed by atoms with Crippen molar-refractivity contribution in [3.63, 3.8) is 0 Å². The van der Waals surface area contributed by atoms with Crippen LogP contribution >= 0.6 is 0 Å². The molecule has 1 fully saturated rings. The fourth-order valence-corrected chi connectivity index (χ4v) is 5.61. The lowest BCUT2D eigenvalue weighted by molar-refractivity contribution is -0.145. The molecule has 0 bridgehead atoms. The Hall–Kier alpha value is -1.57. The number of esters is 1. The summed E-state index contributed by atoms with van der Waals surface area (Å²) in [6, 6.07) is 0. The molecule has 0 saturated carbocycles. The molecule has 4 rings (SSSR count). The van der Waals surface area contributed by atoms with Crippen molar-refractivity contribution in [2.24, 2.45) is 11.8 Å². The smallest absolute Gasteiger partial charge is 0.309 e. The standard InChI is InChI=1S/C19H24O6Si/c1-9-14-16(19-12(23-9)8-13(20)24-19)17(21)10-6-5-7-11(15(10)18(14)22)25-26(2,3)4/h5,7,9-12,15,19H,6,8H2,1-4H3/t9-,10-,11+,12-,15-,19+/m0/s1. The van der Waals surface area contributed by atoms with Crippen molar-refractivity contribution in [3.05, 3.63) is 23.3 Å². The van der Waals surface area contributed by atoms with Gasteiger partial charge in [0.25, 0.3) is 0 Å². The molecule has 2 aliphatic heterocycles. The highest BCUT2D eigenvalue weighted by atomic mass is 28.4. The topological polar surface area (TPSA) is 78.9 Å². The number of Topliss-reactive ketones (excluding diaryl/α,β-unsaturated/α-hetero) is 2. The molecule has 0 radical (unpaired) electrons. The fourth-order valence-electron chi connectivity index (χ4n) is 4.57. The number of ketones is 2. The maximum absolute atomic E-state index is 13.4. The van der Waals surface area contributed by atoms with E-state index in [2.05, 4.69) is 19.6 Å². The van der Waals surface area contributed by atoms with Crippen LogP contribution in [0, 0.1) is 11.8 Å². The van der Waals surface area contributed by atoms with E-state index in [0.717, 1.165) is 0 Å². The lowest BCUT2D eigenvalue weighted by Crippen LogP contribution is -2.54.